The lowest BCUT2D eigenvalue weighted by molar-refractivity contribution is -0.192. The maximum absolute atomic E-state index is 14.3. The molecule has 1 aliphatic heterocycles. The van der Waals surface area contributed by atoms with Crippen molar-refractivity contribution in [3.63, 3.8) is 0 Å². The molecule has 2 N–H and O–H groups in total. The van der Waals surface area contributed by atoms with E-state index in [1.807, 2.05) is 0 Å². The number of hydrogen-bond acceptors (Lipinski definition) is 6. The third-order valence-electron chi connectivity index (χ3n) is 7.40. The van der Waals surface area contributed by atoms with Crippen LogP contribution in [0.5, 0.6) is 0 Å². The molecule has 1 aromatic carbocycles. The number of aromatic nitrogens is 1. The standard InChI is InChI=1S/C25H25F8N5O3S/c1-24(41)20(13-37(24)14-34)23(40)38(18-2-4-19(5-3-18)42(29,30,31,32)33)21(15-10-16(26)12-35-11-15)22(39)36-17-6-8-25(27,28)9-7-17/h2-5,10-12,17,20-21,41H,6-9,13H2,1H3,(H,36,39). The average molecular weight is 628 g/mol. The van der Waals surface area contributed by atoms with Crippen LogP contribution in [0.2, 0.25) is 0 Å². The van der Waals surface area contributed by atoms with Crippen molar-refractivity contribution < 1.29 is 47.3 Å². The second kappa shape index (κ2) is 9.69. The van der Waals surface area contributed by atoms with E-state index in [-0.39, 0.29) is 37.1 Å². The smallest absolute Gasteiger partial charge is 0.310 e. The summed E-state index contributed by atoms with van der Waals surface area (Å²) >= 11 is 0. The molecule has 2 amide bonds. The summed E-state index contributed by atoms with van der Waals surface area (Å²) in [5, 5.41) is 22.4. The van der Waals surface area contributed by atoms with E-state index in [2.05, 4.69) is 10.3 Å². The van der Waals surface area contributed by atoms with Crippen molar-refractivity contribution in [2.45, 2.75) is 61.2 Å². The second-order valence-corrected chi connectivity index (χ2v) is 12.9. The number of rotatable bonds is 7. The Balaban J connectivity index is 1.81. The molecule has 42 heavy (non-hydrogen) atoms. The van der Waals surface area contributed by atoms with Crippen LogP contribution >= 0.6 is 10.2 Å². The number of pyridine rings is 1. The van der Waals surface area contributed by atoms with Gasteiger partial charge in [0.05, 0.1) is 6.20 Å². The first-order chi connectivity index (χ1) is 19.1. The Bertz CT molecular complexity index is 1420. The zero-order valence-corrected chi connectivity index (χ0v) is 22.6. The van der Waals surface area contributed by atoms with E-state index in [9.17, 15) is 52.6 Å². The quantitative estimate of drug-likeness (QED) is 0.298. The van der Waals surface area contributed by atoms with Gasteiger partial charge in [-0.25, -0.2) is 13.2 Å². The number of amides is 2. The van der Waals surface area contributed by atoms with E-state index in [0.717, 1.165) is 30.3 Å². The molecule has 1 saturated heterocycles. The van der Waals surface area contributed by atoms with Crippen molar-refractivity contribution >= 4 is 27.7 Å². The van der Waals surface area contributed by atoms with Gasteiger partial charge in [0.15, 0.2) is 11.9 Å². The number of nitrogens with one attached hydrogen (secondary N) is 1. The Morgan fingerprint density at radius 1 is 1.14 bits per heavy atom. The minimum absolute atomic E-state index is 0.0136. The molecule has 4 rings (SSSR count). The molecule has 1 aromatic heterocycles. The van der Waals surface area contributed by atoms with Crippen LogP contribution in [0.1, 0.15) is 44.2 Å². The van der Waals surface area contributed by atoms with Gasteiger partial charge in [-0.1, -0.05) is 19.4 Å². The summed E-state index contributed by atoms with van der Waals surface area (Å²) in [6.07, 6.45) is 1.96. The predicted molar refractivity (Wildman–Crippen MR) is 134 cm³/mol. The van der Waals surface area contributed by atoms with Gasteiger partial charge in [0, 0.05) is 42.9 Å². The second-order valence-electron chi connectivity index (χ2n) is 10.5. The zero-order valence-electron chi connectivity index (χ0n) is 21.8. The van der Waals surface area contributed by atoms with Crippen LogP contribution in [0.3, 0.4) is 0 Å². The van der Waals surface area contributed by atoms with E-state index in [1.165, 1.54) is 0 Å². The van der Waals surface area contributed by atoms with Crippen LogP contribution in [-0.2, 0) is 9.59 Å². The summed E-state index contributed by atoms with van der Waals surface area (Å²) < 4.78 is 109. The molecule has 1 aliphatic carbocycles. The molecule has 0 spiro atoms. The van der Waals surface area contributed by atoms with Crippen LogP contribution in [0, 0.1) is 23.2 Å². The van der Waals surface area contributed by atoms with Crippen LogP contribution < -0.4 is 10.2 Å². The first-order valence-corrected chi connectivity index (χ1v) is 14.4. The summed E-state index contributed by atoms with van der Waals surface area (Å²) in [4.78, 5) is 30.3. The fourth-order valence-corrected chi connectivity index (χ4v) is 5.62. The lowest BCUT2D eigenvalue weighted by atomic mass is 9.84. The predicted octanol–water partition coefficient (Wildman–Crippen LogP) is 5.77. The molecule has 3 atom stereocenters. The van der Waals surface area contributed by atoms with E-state index in [1.54, 1.807) is 6.19 Å². The lowest BCUT2D eigenvalue weighted by Crippen LogP contribution is -2.68. The van der Waals surface area contributed by atoms with Gasteiger partial charge in [0.1, 0.15) is 22.7 Å². The van der Waals surface area contributed by atoms with Gasteiger partial charge in [-0.05, 0) is 50.1 Å². The third-order valence-corrected chi connectivity index (χ3v) is 8.56. The summed E-state index contributed by atoms with van der Waals surface area (Å²) in [6, 6.07) is -0.866. The highest BCUT2D eigenvalue weighted by Gasteiger charge is 2.65. The van der Waals surface area contributed by atoms with Crippen LogP contribution in [0.25, 0.3) is 0 Å². The van der Waals surface area contributed by atoms with Gasteiger partial charge in [-0.3, -0.25) is 24.4 Å². The number of halogens is 8. The Hall–Kier alpha value is -3.65. The van der Waals surface area contributed by atoms with Crippen LogP contribution in [-0.4, -0.2) is 51.0 Å². The van der Waals surface area contributed by atoms with Crippen molar-refractivity contribution in [1.82, 2.24) is 15.2 Å². The van der Waals surface area contributed by atoms with Gasteiger partial charge >= 0.3 is 10.2 Å². The highest BCUT2D eigenvalue weighted by Crippen LogP contribution is 3.02. The van der Waals surface area contributed by atoms with Crippen molar-refractivity contribution in [1.29, 1.82) is 5.26 Å². The fraction of sp³-hybridized carbons (Fsp3) is 0.440. The highest BCUT2D eigenvalue weighted by atomic mass is 32.5. The molecule has 2 aliphatic rings. The SMILES string of the molecule is CC1(O)C(C(=O)N(c2ccc(S(F)(F)(F)(F)F)cc2)C(C(=O)NC2CCC(F)(F)CC2)c2cncc(F)c2)CN1C#N. The molecule has 230 valence electrons. The molecule has 2 heterocycles. The largest absolute Gasteiger partial charge is 0.370 e. The Morgan fingerprint density at radius 3 is 2.24 bits per heavy atom. The Kier molecular flexibility index (Phi) is 7.22. The first kappa shape index (κ1) is 31.3. The monoisotopic (exact) mass is 627 g/mol. The van der Waals surface area contributed by atoms with Crippen LogP contribution in [0.15, 0.2) is 47.6 Å². The fourth-order valence-electron chi connectivity index (χ4n) is 4.97. The summed E-state index contributed by atoms with van der Waals surface area (Å²) in [5.74, 6) is -7.55. The molecule has 2 fully saturated rings. The number of benzene rings is 1. The van der Waals surface area contributed by atoms with Crippen LogP contribution in [0.4, 0.5) is 38.3 Å². The van der Waals surface area contributed by atoms with Crippen molar-refractivity contribution in [2.24, 2.45) is 5.92 Å². The van der Waals surface area contributed by atoms with Gasteiger partial charge in [-0.2, -0.15) is 5.26 Å². The average Bonchev–Trinajstić information content (AvgIpc) is 2.86. The van der Waals surface area contributed by atoms with Crippen molar-refractivity contribution in [2.75, 3.05) is 11.4 Å². The zero-order chi connectivity index (χ0) is 31.4. The summed E-state index contributed by atoms with van der Waals surface area (Å²) in [5.41, 5.74) is -2.92. The Labute approximate surface area is 234 Å². The number of nitriles is 1. The number of anilines is 1. The number of carbonyl (C=O) groups is 2. The minimum atomic E-state index is -10.1. The lowest BCUT2D eigenvalue weighted by Gasteiger charge is -2.50. The van der Waals surface area contributed by atoms with Crippen molar-refractivity contribution in [3.8, 4) is 6.19 Å². The number of carbonyl (C=O) groups excluding carboxylic acids is 2. The van der Waals surface area contributed by atoms with Crippen molar-refractivity contribution in [3.05, 3.63) is 54.1 Å². The van der Waals surface area contributed by atoms with E-state index in [0.29, 0.717) is 17.0 Å². The van der Waals surface area contributed by atoms with Gasteiger partial charge in [0.25, 0.3) is 0 Å². The number of hydrogen-bond donors (Lipinski definition) is 2. The minimum Gasteiger partial charge on any atom is -0.370 e. The number of nitrogens with zero attached hydrogens (tertiary/aromatic N) is 4. The highest BCUT2D eigenvalue weighted by molar-refractivity contribution is 8.45. The van der Waals surface area contributed by atoms with E-state index < -0.39 is 80.9 Å². The maximum Gasteiger partial charge on any atom is 0.310 e. The topological polar surface area (TPSA) is 110 Å². The van der Waals surface area contributed by atoms with Gasteiger partial charge < -0.3 is 10.4 Å². The van der Waals surface area contributed by atoms with Gasteiger partial charge in [-0.15, -0.1) is 0 Å². The number of aliphatic hydroxyl groups is 1. The molecule has 2 aromatic rings. The first-order valence-electron chi connectivity index (χ1n) is 12.5. The number of likely N-dealkylation sites (tertiary alicyclic amines) is 1. The molecular formula is C25H25F8N5O3S. The Morgan fingerprint density at radius 2 is 1.74 bits per heavy atom. The summed E-state index contributed by atoms with van der Waals surface area (Å²) in [6.45, 7) is 0.717. The molecule has 8 nitrogen and oxygen atoms in total. The molecule has 0 radical (unpaired) electrons. The van der Waals surface area contributed by atoms with E-state index in [4.69, 9.17) is 0 Å². The molecule has 1 saturated carbocycles. The number of alkyl halides is 2. The maximum atomic E-state index is 14.3. The molecule has 0 bridgehead atoms. The third kappa shape index (κ3) is 6.38. The molecule has 3 unspecified atom stereocenters. The van der Waals surface area contributed by atoms with E-state index >= 15 is 0 Å². The summed E-state index contributed by atoms with van der Waals surface area (Å²) in [7, 11) is -10.1. The van der Waals surface area contributed by atoms with Gasteiger partial charge in [0.2, 0.25) is 17.7 Å². The normalized spacial score (nSPS) is 24.8. The molecular weight excluding hydrogens is 602 g/mol. The molecule has 17 heteroatoms.